The lowest BCUT2D eigenvalue weighted by atomic mass is 10.1. The number of anilines is 1. The smallest absolute Gasteiger partial charge is 0.223 e. The zero-order valence-electron chi connectivity index (χ0n) is 15.9. The lowest BCUT2D eigenvalue weighted by Crippen LogP contribution is -2.34. The topological polar surface area (TPSA) is 58.6 Å². The van der Waals surface area contributed by atoms with Crippen molar-refractivity contribution in [3.05, 3.63) is 58.6 Å². The normalized spacial score (nSPS) is 10.4. The summed E-state index contributed by atoms with van der Waals surface area (Å²) in [6.07, 6.45) is 0.900. The van der Waals surface area contributed by atoms with Crippen LogP contribution in [0.15, 0.2) is 42.5 Å². The fraction of sp³-hybridized carbons (Fsp3) is 0.333. The third-order valence-electron chi connectivity index (χ3n) is 4.32. The van der Waals surface area contributed by atoms with Crippen molar-refractivity contribution in [2.45, 2.75) is 26.7 Å². The highest BCUT2D eigenvalue weighted by molar-refractivity contribution is 6.31. The number of carbonyl (C=O) groups is 2. The molecule has 5 nitrogen and oxygen atoms in total. The molecule has 2 amide bonds. The highest BCUT2D eigenvalue weighted by Crippen LogP contribution is 2.23. The van der Waals surface area contributed by atoms with Crippen molar-refractivity contribution < 1.29 is 14.3 Å². The van der Waals surface area contributed by atoms with Crippen molar-refractivity contribution in [2.75, 3.05) is 25.1 Å². The van der Waals surface area contributed by atoms with E-state index in [4.69, 9.17) is 16.3 Å². The number of methoxy groups -OCH3 is 1. The number of nitrogens with zero attached hydrogens (tertiary/aromatic N) is 1. The molecule has 1 N–H and O–H groups in total. The number of aryl methyl sites for hydroxylation is 1. The van der Waals surface area contributed by atoms with Gasteiger partial charge >= 0.3 is 0 Å². The van der Waals surface area contributed by atoms with Crippen LogP contribution in [0.4, 0.5) is 5.69 Å². The van der Waals surface area contributed by atoms with E-state index in [1.165, 1.54) is 6.92 Å². The minimum absolute atomic E-state index is 0.102. The van der Waals surface area contributed by atoms with E-state index in [-0.39, 0.29) is 18.2 Å². The first-order valence-electron chi connectivity index (χ1n) is 8.85. The molecule has 144 valence electrons. The van der Waals surface area contributed by atoms with Gasteiger partial charge in [0, 0.05) is 37.1 Å². The molecule has 0 atom stereocenters. The number of rotatable bonds is 8. The Balaban J connectivity index is 1.87. The molecule has 0 bridgehead atoms. The standard InChI is InChI=1S/C21H25ClN2O3/c1-15-8-9-18(14-19(15)22)24(16(2)25)13-11-21(26)23-12-10-17-6-4-5-7-20(17)27-3/h4-9,14H,10-13H2,1-3H3,(H,23,26). The number of para-hydroxylation sites is 1. The molecule has 0 saturated carbocycles. The average Bonchev–Trinajstić information content (AvgIpc) is 2.64. The third kappa shape index (κ3) is 6.00. The fourth-order valence-electron chi connectivity index (χ4n) is 2.77. The Morgan fingerprint density at radius 2 is 1.93 bits per heavy atom. The number of amides is 2. The van der Waals surface area contributed by atoms with Gasteiger partial charge in [0.25, 0.3) is 0 Å². The Labute approximate surface area is 165 Å². The van der Waals surface area contributed by atoms with Crippen molar-refractivity contribution in [2.24, 2.45) is 0 Å². The molecule has 0 fully saturated rings. The van der Waals surface area contributed by atoms with Crippen LogP contribution in [-0.2, 0) is 16.0 Å². The van der Waals surface area contributed by atoms with Crippen LogP contribution in [0.3, 0.4) is 0 Å². The third-order valence-corrected chi connectivity index (χ3v) is 4.73. The zero-order valence-corrected chi connectivity index (χ0v) is 16.7. The highest BCUT2D eigenvalue weighted by atomic mass is 35.5. The van der Waals surface area contributed by atoms with Crippen molar-refractivity contribution >= 4 is 29.1 Å². The van der Waals surface area contributed by atoms with Crippen molar-refractivity contribution in [3.8, 4) is 5.75 Å². The highest BCUT2D eigenvalue weighted by Gasteiger charge is 2.14. The minimum Gasteiger partial charge on any atom is -0.496 e. The van der Waals surface area contributed by atoms with Gasteiger partial charge < -0.3 is 15.0 Å². The van der Waals surface area contributed by atoms with Crippen LogP contribution in [-0.4, -0.2) is 32.0 Å². The van der Waals surface area contributed by atoms with Crippen molar-refractivity contribution in [1.82, 2.24) is 5.32 Å². The number of hydrogen-bond donors (Lipinski definition) is 1. The first-order chi connectivity index (χ1) is 12.9. The second kappa shape index (κ2) is 9.97. The summed E-state index contributed by atoms with van der Waals surface area (Å²) in [7, 11) is 1.63. The molecule has 0 spiro atoms. The largest absolute Gasteiger partial charge is 0.496 e. The van der Waals surface area contributed by atoms with Gasteiger partial charge in [0.2, 0.25) is 11.8 Å². The van der Waals surface area contributed by atoms with E-state index in [1.54, 1.807) is 18.1 Å². The molecule has 0 saturated heterocycles. The van der Waals surface area contributed by atoms with Crippen LogP contribution in [0.5, 0.6) is 5.75 Å². The van der Waals surface area contributed by atoms with Gasteiger partial charge in [-0.2, -0.15) is 0 Å². The van der Waals surface area contributed by atoms with Gasteiger partial charge in [-0.25, -0.2) is 0 Å². The summed E-state index contributed by atoms with van der Waals surface area (Å²) in [5, 5.41) is 3.49. The van der Waals surface area contributed by atoms with Crippen LogP contribution < -0.4 is 15.0 Å². The molecule has 27 heavy (non-hydrogen) atoms. The van der Waals surface area contributed by atoms with E-state index in [0.717, 1.165) is 16.9 Å². The van der Waals surface area contributed by atoms with Gasteiger partial charge in [-0.1, -0.05) is 35.9 Å². The minimum atomic E-state index is -0.128. The van der Waals surface area contributed by atoms with E-state index in [0.29, 0.717) is 30.2 Å². The van der Waals surface area contributed by atoms with Crippen molar-refractivity contribution in [1.29, 1.82) is 0 Å². The Kier molecular flexibility index (Phi) is 7.67. The molecule has 2 aromatic carbocycles. The summed E-state index contributed by atoms with van der Waals surface area (Å²) in [4.78, 5) is 25.7. The predicted octanol–water partition coefficient (Wildman–Crippen LogP) is 3.76. The summed E-state index contributed by atoms with van der Waals surface area (Å²) in [5.74, 6) is 0.580. The first kappa shape index (κ1) is 20.8. The van der Waals surface area contributed by atoms with E-state index in [2.05, 4.69) is 5.32 Å². The molecular weight excluding hydrogens is 364 g/mol. The molecular formula is C21H25ClN2O3. The summed E-state index contributed by atoms with van der Waals surface area (Å²) in [6.45, 7) is 4.19. The van der Waals surface area contributed by atoms with Crippen LogP contribution in [0.2, 0.25) is 5.02 Å². The van der Waals surface area contributed by atoms with Gasteiger partial charge in [-0.05, 0) is 42.7 Å². The van der Waals surface area contributed by atoms with Crippen LogP contribution in [0, 0.1) is 6.92 Å². The van der Waals surface area contributed by atoms with E-state index in [1.807, 2.05) is 43.3 Å². The van der Waals surface area contributed by atoms with Crippen LogP contribution >= 0.6 is 11.6 Å². The second-order valence-corrected chi connectivity index (χ2v) is 6.67. The van der Waals surface area contributed by atoms with Gasteiger partial charge in [0.15, 0.2) is 0 Å². The summed E-state index contributed by atoms with van der Waals surface area (Å²) in [6, 6.07) is 13.2. The molecule has 0 heterocycles. The predicted molar refractivity (Wildman–Crippen MR) is 109 cm³/mol. The van der Waals surface area contributed by atoms with Gasteiger partial charge in [-0.15, -0.1) is 0 Å². The summed E-state index contributed by atoms with van der Waals surface area (Å²) >= 11 is 6.15. The lowest BCUT2D eigenvalue weighted by Gasteiger charge is -2.21. The number of halogens is 1. The Hall–Kier alpha value is -2.53. The molecule has 0 aliphatic rings. The SMILES string of the molecule is COc1ccccc1CCNC(=O)CCN(C(C)=O)c1ccc(C)c(Cl)c1. The quantitative estimate of drug-likeness (QED) is 0.749. The Morgan fingerprint density at radius 1 is 1.19 bits per heavy atom. The number of hydrogen-bond acceptors (Lipinski definition) is 3. The first-order valence-corrected chi connectivity index (χ1v) is 9.23. The lowest BCUT2D eigenvalue weighted by molar-refractivity contribution is -0.121. The Bertz CT molecular complexity index is 808. The average molecular weight is 389 g/mol. The zero-order chi connectivity index (χ0) is 19.8. The molecule has 2 rings (SSSR count). The van der Waals surface area contributed by atoms with Gasteiger partial charge in [-0.3, -0.25) is 9.59 Å². The number of nitrogens with one attached hydrogen (secondary N) is 1. The van der Waals surface area contributed by atoms with Crippen LogP contribution in [0.25, 0.3) is 0 Å². The van der Waals surface area contributed by atoms with Crippen molar-refractivity contribution in [3.63, 3.8) is 0 Å². The molecule has 0 aromatic heterocycles. The second-order valence-electron chi connectivity index (χ2n) is 6.27. The van der Waals surface area contributed by atoms with Gasteiger partial charge in [0.05, 0.1) is 7.11 Å². The number of carbonyl (C=O) groups excluding carboxylic acids is 2. The summed E-state index contributed by atoms with van der Waals surface area (Å²) < 4.78 is 5.31. The molecule has 0 aliphatic heterocycles. The monoisotopic (exact) mass is 388 g/mol. The maximum absolute atomic E-state index is 12.2. The fourth-order valence-corrected chi connectivity index (χ4v) is 2.94. The van der Waals surface area contributed by atoms with E-state index in [9.17, 15) is 9.59 Å². The molecule has 0 radical (unpaired) electrons. The molecule has 0 unspecified atom stereocenters. The van der Waals surface area contributed by atoms with Crippen LogP contribution in [0.1, 0.15) is 24.5 Å². The maximum atomic E-state index is 12.2. The van der Waals surface area contributed by atoms with Gasteiger partial charge in [0.1, 0.15) is 5.75 Å². The number of ether oxygens (including phenoxy) is 1. The molecule has 0 aliphatic carbocycles. The van der Waals surface area contributed by atoms with E-state index >= 15 is 0 Å². The van der Waals surface area contributed by atoms with E-state index < -0.39 is 0 Å². The maximum Gasteiger partial charge on any atom is 0.223 e. The summed E-state index contributed by atoms with van der Waals surface area (Å²) in [5.41, 5.74) is 2.68. The molecule has 2 aromatic rings. The molecule has 6 heteroatoms. The number of benzene rings is 2. The Morgan fingerprint density at radius 3 is 2.59 bits per heavy atom.